The summed E-state index contributed by atoms with van der Waals surface area (Å²) in [5, 5.41) is 4.54. The number of rotatable bonds is 4. The van der Waals surface area contributed by atoms with Gasteiger partial charge in [-0.1, -0.05) is 12.1 Å². The van der Waals surface area contributed by atoms with Gasteiger partial charge in [-0.05, 0) is 51.2 Å². The van der Waals surface area contributed by atoms with Gasteiger partial charge in [0.2, 0.25) is 0 Å². The largest absolute Gasteiger partial charge is 0.355 e. The molecule has 0 bridgehead atoms. The molecule has 0 radical (unpaired) electrons. The van der Waals surface area contributed by atoms with Gasteiger partial charge in [0.05, 0.1) is 45.3 Å². The van der Waals surface area contributed by atoms with E-state index in [0.717, 1.165) is 70.2 Å². The molecule has 0 atom stereocenters. The van der Waals surface area contributed by atoms with Crippen molar-refractivity contribution in [2.45, 2.75) is 19.9 Å². The quantitative estimate of drug-likeness (QED) is 0.386. The van der Waals surface area contributed by atoms with E-state index < -0.39 is 0 Å². The Labute approximate surface area is 224 Å². The molecule has 1 aliphatic heterocycles. The summed E-state index contributed by atoms with van der Waals surface area (Å²) in [4.78, 5) is 37.7. The zero-order valence-corrected chi connectivity index (χ0v) is 22.6. The van der Waals surface area contributed by atoms with E-state index >= 15 is 0 Å². The van der Waals surface area contributed by atoms with E-state index in [0.29, 0.717) is 16.6 Å². The molecule has 5 heterocycles. The van der Waals surface area contributed by atoms with Gasteiger partial charge in [0.1, 0.15) is 16.3 Å². The highest BCUT2D eigenvalue weighted by Gasteiger charge is 2.22. The van der Waals surface area contributed by atoms with Crippen LogP contribution in [0.5, 0.6) is 0 Å². The molecule has 10 heteroatoms. The van der Waals surface area contributed by atoms with Gasteiger partial charge in [-0.2, -0.15) is 0 Å². The predicted octanol–water partition coefficient (Wildman–Crippen LogP) is 3.40. The number of likely N-dealkylation sites (N-methyl/N-ethyl adjacent to an activating group) is 1. The SMILES string of the molecule is C/N=c1/c(C(=O)NCc2cnc(C)cn2)c2sc3ccccc3n2c2nc(N3CCCN(C)CC3)ccc12. The van der Waals surface area contributed by atoms with Crippen molar-refractivity contribution >= 4 is 49.1 Å². The first-order valence-corrected chi connectivity index (χ1v) is 13.6. The van der Waals surface area contributed by atoms with Gasteiger partial charge in [-0.25, -0.2) is 4.98 Å². The van der Waals surface area contributed by atoms with Crippen LogP contribution in [0.25, 0.3) is 26.1 Å². The molecule has 0 saturated carbocycles. The molecular weight excluding hydrogens is 496 g/mol. The number of amides is 1. The van der Waals surface area contributed by atoms with Crippen molar-refractivity contribution in [1.29, 1.82) is 0 Å². The molecule has 9 nitrogen and oxygen atoms in total. The number of hydrogen-bond acceptors (Lipinski definition) is 8. The maximum absolute atomic E-state index is 13.7. The molecule has 1 aromatic carbocycles. The minimum absolute atomic E-state index is 0.196. The fraction of sp³-hybridized carbons (Fsp3) is 0.321. The normalized spacial score (nSPS) is 15.4. The number of aryl methyl sites for hydroxylation is 1. The molecule has 1 N–H and O–H groups in total. The molecule has 0 aliphatic carbocycles. The van der Waals surface area contributed by atoms with Gasteiger partial charge in [-0.3, -0.25) is 24.2 Å². The third-order valence-electron chi connectivity index (χ3n) is 7.05. The Bertz CT molecular complexity index is 1720. The molecule has 0 spiro atoms. The van der Waals surface area contributed by atoms with Crippen LogP contribution in [0.3, 0.4) is 0 Å². The van der Waals surface area contributed by atoms with E-state index in [9.17, 15) is 4.79 Å². The maximum atomic E-state index is 13.7. The summed E-state index contributed by atoms with van der Waals surface area (Å²) >= 11 is 1.58. The molecule has 1 aliphatic rings. The Kier molecular flexibility index (Phi) is 6.50. The first kappa shape index (κ1) is 24.4. The highest BCUT2D eigenvalue weighted by molar-refractivity contribution is 7.24. The highest BCUT2D eigenvalue weighted by Crippen LogP contribution is 2.31. The molecule has 0 unspecified atom stereocenters. The fourth-order valence-corrected chi connectivity index (χ4v) is 6.23. The van der Waals surface area contributed by atoms with E-state index in [1.807, 2.05) is 19.1 Å². The van der Waals surface area contributed by atoms with Crippen molar-refractivity contribution in [3.8, 4) is 0 Å². The van der Waals surface area contributed by atoms with Crippen LogP contribution in [0.4, 0.5) is 5.82 Å². The summed E-state index contributed by atoms with van der Waals surface area (Å²) in [6.07, 6.45) is 4.49. The Balaban J connectivity index is 1.52. The second-order valence-electron chi connectivity index (χ2n) is 9.67. The minimum atomic E-state index is -0.196. The number of aromatic nitrogens is 4. The lowest BCUT2D eigenvalue weighted by molar-refractivity contribution is 0.0950. The molecule has 1 fully saturated rings. The third-order valence-corrected chi connectivity index (χ3v) is 8.20. The molecule has 6 rings (SSSR count). The highest BCUT2D eigenvalue weighted by atomic mass is 32.1. The number of thiazole rings is 1. The van der Waals surface area contributed by atoms with Crippen LogP contribution < -0.4 is 15.6 Å². The molecule has 38 heavy (non-hydrogen) atoms. The van der Waals surface area contributed by atoms with Gasteiger partial charge in [-0.15, -0.1) is 11.3 Å². The Morgan fingerprint density at radius 2 is 1.95 bits per heavy atom. The van der Waals surface area contributed by atoms with E-state index in [4.69, 9.17) is 4.98 Å². The second kappa shape index (κ2) is 10.1. The van der Waals surface area contributed by atoms with Gasteiger partial charge in [0.15, 0.2) is 0 Å². The van der Waals surface area contributed by atoms with Crippen LogP contribution in [0.1, 0.15) is 28.2 Å². The number of anilines is 1. The molecule has 4 aromatic heterocycles. The van der Waals surface area contributed by atoms with Crippen molar-refractivity contribution in [2.24, 2.45) is 4.99 Å². The van der Waals surface area contributed by atoms with Crippen molar-refractivity contribution in [1.82, 2.24) is 29.6 Å². The first-order chi connectivity index (χ1) is 18.5. The first-order valence-electron chi connectivity index (χ1n) is 12.8. The topological polar surface area (TPSA) is 91.0 Å². The van der Waals surface area contributed by atoms with Gasteiger partial charge in [0, 0.05) is 38.3 Å². The number of para-hydroxylation sites is 1. The average molecular weight is 527 g/mol. The minimum Gasteiger partial charge on any atom is -0.355 e. The lowest BCUT2D eigenvalue weighted by Gasteiger charge is -2.22. The van der Waals surface area contributed by atoms with Crippen LogP contribution in [-0.4, -0.2) is 70.4 Å². The van der Waals surface area contributed by atoms with Crippen LogP contribution >= 0.6 is 11.3 Å². The summed E-state index contributed by atoms with van der Waals surface area (Å²) in [6, 6.07) is 12.3. The van der Waals surface area contributed by atoms with Gasteiger partial charge >= 0.3 is 0 Å². The summed E-state index contributed by atoms with van der Waals surface area (Å²) in [6.45, 7) is 6.16. The lowest BCUT2D eigenvalue weighted by atomic mass is 10.1. The fourth-order valence-electron chi connectivity index (χ4n) is 5.05. The molecular formula is C28H30N8OS. The smallest absolute Gasteiger partial charge is 0.256 e. The molecule has 1 saturated heterocycles. The average Bonchev–Trinajstić information content (AvgIpc) is 3.19. The summed E-state index contributed by atoms with van der Waals surface area (Å²) < 4.78 is 3.21. The number of nitrogens with zero attached hydrogens (tertiary/aromatic N) is 7. The van der Waals surface area contributed by atoms with Crippen LogP contribution in [0, 0.1) is 6.92 Å². The van der Waals surface area contributed by atoms with Crippen molar-refractivity contribution in [3.05, 3.63) is 71.1 Å². The van der Waals surface area contributed by atoms with Crippen molar-refractivity contribution < 1.29 is 4.79 Å². The number of nitrogens with one attached hydrogen (secondary N) is 1. The number of fused-ring (bicyclic) bond motifs is 5. The molecule has 1 amide bonds. The number of pyridine rings is 2. The molecule has 5 aromatic rings. The van der Waals surface area contributed by atoms with E-state index in [-0.39, 0.29) is 12.5 Å². The monoisotopic (exact) mass is 526 g/mol. The summed E-state index contributed by atoms with van der Waals surface area (Å²) in [5.74, 6) is 0.757. The van der Waals surface area contributed by atoms with Gasteiger partial charge in [0.25, 0.3) is 5.91 Å². The predicted molar refractivity (Wildman–Crippen MR) is 152 cm³/mol. The van der Waals surface area contributed by atoms with Crippen LogP contribution in [0.2, 0.25) is 0 Å². The number of hydrogen-bond donors (Lipinski definition) is 1. The second-order valence-corrected chi connectivity index (χ2v) is 10.7. The zero-order valence-electron chi connectivity index (χ0n) is 21.8. The van der Waals surface area contributed by atoms with Gasteiger partial charge < -0.3 is 15.1 Å². The standard InChI is InChI=1S/C28H30N8OS/c1-18-15-31-19(16-30-18)17-32-27(37)24-25(29-2)20-9-10-23(35-12-6-11-34(3)13-14-35)33-26(20)36-21-7-4-5-8-22(21)38-28(24)36/h4-5,7-10,15-16H,6,11-14,17H2,1-3H3,(H,32,37)/b29-25+. The number of carbonyl (C=O) groups is 1. The van der Waals surface area contributed by atoms with E-state index in [1.165, 1.54) is 0 Å². The van der Waals surface area contributed by atoms with Crippen molar-refractivity contribution in [3.63, 3.8) is 0 Å². The van der Waals surface area contributed by atoms with E-state index in [2.05, 4.69) is 65.8 Å². The Morgan fingerprint density at radius 1 is 1.08 bits per heavy atom. The van der Waals surface area contributed by atoms with Crippen LogP contribution in [-0.2, 0) is 6.54 Å². The van der Waals surface area contributed by atoms with E-state index in [1.54, 1.807) is 30.8 Å². The Hall–Kier alpha value is -3.89. The summed E-state index contributed by atoms with van der Waals surface area (Å²) in [7, 11) is 3.90. The third kappa shape index (κ3) is 4.39. The van der Waals surface area contributed by atoms with Crippen LogP contribution in [0.15, 0.2) is 53.8 Å². The lowest BCUT2D eigenvalue weighted by Crippen LogP contribution is -2.31. The Morgan fingerprint density at radius 3 is 2.76 bits per heavy atom. The zero-order chi connectivity index (χ0) is 26.2. The number of carbonyl (C=O) groups excluding carboxylic acids is 1. The maximum Gasteiger partial charge on any atom is 0.256 e. The summed E-state index contributed by atoms with van der Waals surface area (Å²) in [5.41, 5.74) is 3.93. The number of benzene rings is 1. The van der Waals surface area contributed by atoms with Crippen molar-refractivity contribution in [2.75, 3.05) is 45.2 Å². The molecule has 194 valence electrons.